The van der Waals surface area contributed by atoms with Crippen molar-refractivity contribution in [1.82, 2.24) is 9.21 Å². The summed E-state index contributed by atoms with van der Waals surface area (Å²) < 4.78 is 27.0. The first kappa shape index (κ1) is 23.7. The normalized spacial score (nSPS) is 11.7. The molecule has 6 nitrogen and oxygen atoms in total. The highest BCUT2D eigenvalue weighted by molar-refractivity contribution is 7.89. The van der Waals surface area contributed by atoms with Crippen molar-refractivity contribution in [1.29, 1.82) is 0 Å². The molecule has 1 N–H and O–H groups in total. The summed E-state index contributed by atoms with van der Waals surface area (Å²) in [5, 5.41) is 2.83. The van der Waals surface area contributed by atoms with E-state index in [0.717, 1.165) is 5.56 Å². The van der Waals surface area contributed by atoms with Crippen LogP contribution in [0, 0.1) is 6.92 Å². The first-order valence-corrected chi connectivity index (χ1v) is 11.8. The minimum absolute atomic E-state index is 0.155. The highest BCUT2D eigenvalue weighted by Crippen LogP contribution is 2.19. The lowest BCUT2D eigenvalue weighted by molar-refractivity contribution is -0.117. The fourth-order valence-corrected chi connectivity index (χ4v) is 4.55. The summed E-state index contributed by atoms with van der Waals surface area (Å²) in [6.45, 7) is 3.24. The Labute approximate surface area is 190 Å². The molecule has 0 aliphatic heterocycles. The van der Waals surface area contributed by atoms with Gasteiger partial charge in [-0.2, -0.15) is 4.31 Å². The number of carbonyl (C=O) groups excluding carboxylic acids is 1. The molecule has 168 valence electrons. The van der Waals surface area contributed by atoms with Crippen LogP contribution in [0.5, 0.6) is 0 Å². The first-order chi connectivity index (χ1) is 15.3. The minimum atomic E-state index is -3.63. The van der Waals surface area contributed by atoms with Crippen LogP contribution in [0.15, 0.2) is 83.8 Å². The molecule has 7 heteroatoms. The third kappa shape index (κ3) is 6.26. The van der Waals surface area contributed by atoms with Gasteiger partial charge < -0.3 is 5.32 Å². The lowest BCUT2D eigenvalue weighted by Gasteiger charge is -2.18. The van der Waals surface area contributed by atoms with Crippen molar-refractivity contribution in [3.63, 3.8) is 0 Å². The number of hydrogen-bond donors (Lipinski definition) is 1. The van der Waals surface area contributed by atoms with Gasteiger partial charge in [0.25, 0.3) is 0 Å². The number of anilines is 1. The van der Waals surface area contributed by atoms with Gasteiger partial charge in [-0.05, 0) is 54.9 Å². The number of likely N-dealkylation sites (N-methyl/N-ethyl adjacent to an activating group) is 1. The Morgan fingerprint density at radius 2 is 1.47 bits per heavy atom. The van der Waals surface area contributed by atoms with Gasteiger partial charge in [-0.1, -0.05) is 54.6 Å². The molecule has 3 aromatic carbocycles. The summed E-state index contributed by atoms with van der Waals surface area (Å²) in [4.78, 5) is 14.5. The molecule has 0 atom stereocenters. The second-order valence-corrected chi connectivity index (χ2v) is 9.96. The Morgan fingerprint density at radius 1 is 0.844 bits per heavy atom. The Morgan fingerprint density at radius 3 is 2.12 bits per heavy atom. The molecule has 0 spiro atoms. The third-order valence-electron chi connectivity index (χ3n) is 5.21. The Bertz CT molecular complexity index is 1150. The molecular formula is C25H29N3O3S. The van der Waals surface area contributed by atoms with Crippen LogP contribution in [0.3, 0.4) is 0 Å². The van der Waals surface area contributed by atoms with Gasteiger partial charge in [0.2, 0.25) is 15.9 Å². The van der Waals surface area contributed by atoms with Crippen molar-refractivity contribution in [3.05, 3.63) is 95.6 Å². The van der Waals surface area contributed by atoms with Crippen LogP contribution in [0.4, 0.5) is 5.69 Å². The summed E-state index contributed by atoms with van der Waals surface area (Å²) in [5.74, 6) is -0.155. The smallest absolute Gasteiger partial charge is 0.243 e. The number of nitrogens with zero attached hydrogens (tertiary/aromatic N) is 2. The number of amides is 1. The van der Waals surface area contributed by atoms with Gasteiger partial charge >= 0.3 is 0 Å². The van der Waals surface area contributed by atoms with Crippen LogP contribution in [-0.4, -0.2) is 44.2 Å². The number of sulfonamides is 1. The van der Waals surface area contributed by atoms with Gasteiger partial charge in [0, 0.05) is 25.8 Å². The van der Waals surface area contributed by atoms with Crippen molar-refractivity contribution in [3.8, 4) is 0 Å². The largest absolute Gasteiger partial charge is 0.325 e. The number of carbonyl (C=O) groups is 1. The topological polar surface area (TPSA) is 69.7 Å². The molecule has 0 saturated carbocycles. The molecule has 0 saturated heterocycles. The highest BCUT2D eigenvalue weighted by Gasteiger charge is 2.21. The number of benzene rings is 3. The van der Waals surface area contributed by atoms with Crippen LogP contribution < -0.4 is 5.32 Å². The standard InChI is InChI=1S/C25H29N3O3S/c1-20-9-7-8-12-22(20)18-27(2)19-25(29)26-23-13-15-24(16-14-23)32(30,31)28(3)17-21-10-5-4-6-11-21/h4-16H,17-19H2,1-3H3,(H,26,29). The lowest BCUT2D eigenvalue weighted by atomic mass is 10.1. The zero-order chi connectivity index (χ0) is 23.1. The second-order valence-electron chi connectivity index (χ2n) is 7.92. The number of nitrogens with one attached hydrogen (secondary N) is 1. The van der Waals surface area contributed by atoms with Crippen molar-refractivity contribution in [2.75, 3.05) is 26.0 Å². The predicted molar refractivity (Wildman–Crippen MR) is 128 cm³/mol. The van der Waals surface area contributed by atoms with Crippen molar-refractivity contribution >= 4 is 21.6 Å². The summed E-state index contributed by atoms with van der Waals surface area (Å²) in [6, 6.07) is 23.8. The molecule has 3 aromatic rings. The van der Waals surface area contributed by atoms with Crippen LogP contribution in [-0.2, 0) is 27.9 Å². The van der Waals surface area contributed by atoms with E-state index >= 15 is 0 Å². The molecule has 0 aliphatic rings. The zero-order valence-corrected chi connectivity index (χ0v) is 19.5. The quantitative estimate of drug-likeness (QED) is 0.536. The summed E-state index contributed by atoms with van der Waals surface area (Å²) in [5.41, 5.74) is 3.84. The van der Waals surface area contributed by atoms with E-state index in [-0.39, 0.29) is 23.9 Å². The summed E-state index contributed by atoms with van der Waals surface area (Å²) >= 11 is 0. The Kier molecular flexibility index (Phi) is 7.80. The van der Waals surface area contributed by atoms with E-state index in [1.54, 1.807) is 19.2 Å². The molecule has 0 aliphatic carbocycles. The number of hydrogen-bond acceptors (Lipinski definition) is 4. The van der Waals surface area contributed by atoms with Crippen LogP contribution in [0.1, 0.15) is 16.7 Å². The van der Waals surface area contributed by atoms with E-state index in [1.165, 1.54) is 27.6 Å². The number of aryl methyl sites for hydroxylation is 1. The maximum Gasteiger partial charge on any atom is 0.243 e. The van der Waals surface area contributed by atoms with Crippen molar-refractivity contribution in [2.45, 2.75) is 24.9 Å². The van der Waals surface area contributed by atoms with E-state index in [4.69, 9.17) is 0 Å². The Hall–Kier alpha value is -3.00. The van der Waals surface area contributed by atoms with E-state index in [1.807, 2.05) is 54.4 Å². The molecule has 1 amide bonds. The van der Waals surface area contributed by atoms with E-state index < -0.39 is 10.0 Å². The number of rotatable bonds is 9. The van der Waals surface area contributed by atoms with Gasteiger partial charge in [-0.3, -0.25) is 9.69 Å². The molecule has 0 aromatic heterocycles. The molecular weight excluding hydrogens is 422 g/mol. The summed E-state index contributed by atoms with van der Waals surface area (Å²) in [6.07, 6.45) is 0. The average Bonchev–Trinajstić information content (AvgIpc) is 2.76. The predicted octanol–water partition coefficient (Wildman–Crippen LogP) is 3.89. The lowest BCUT2D eigenvalue weighted by Crippen LogP contribution is -2.30. The van der Waals surface area contributed by atoms with E-state index in [9.17, 15) is 13.2 Å². The Balaban J connectivity index is 1.57. The third-order valence-corrected chi connectivity index (χ3v) is 7.03. The monoisotopic (exact) mass is 451 g/mol. The molecule has 0 fully saturated rings. The maximum absolute atomic E-state index is 12.8. The molecule has 0 heterocycles. The molecule has 3 rings (SSSR count). The van der Waals surface area contributed by atoms with Crippen LogP contribution in [0.25, 0.3) is 0 Å². The fourth-order valence-electron chi connectivity index (χ4n) is 3.40. The molecule has 0 radical (unpaired) electrons. The van der Waals surface area contributed by atoms with Crippen LogP contribution in [0.2, 0.25) is 0 Å². The van der Waals surface area contributed by atoms with Gasteiger partial charge in [-0.25, -0.2) is 8.42 Å². The van der Waals surface area contributed by atoms with E-state index in [0.29, 0.717) is 12.2 Å². The van der Waals surface area contributed by atoms with Crippen molar-refractivity contribution < 1.29 is 13.2 Å². The maximum atomic E-state index is 12.8. The first-order valence-electron chi connectivity index (χ1n) is 10.4. The molecule has 32 heavy (non-hydrogen) atoms. The zero-order valence-electron chi connectivity index (χ0n) is 18.7. The van der Waals surface area contributed by atoms with Crippen molar-refractivity contribution in [2.24, 2.45) is 0 Å². The molecule has 0 bridgehead atoms. The van der Waals surface area contributed by atoms with Gasteiger partial charge in [0.1, 0.15) is 0 Å². The van der Waals surface area contributed by atoms with Gasteiger partial charge in [0.15, 0.2) is 0 Å². The van der Waals surface area contributed by atoms with Crippen LogP contribution >= 0.6 is 0 Å². The SMILES string of the molecule is Cc1ccccc1CN(C)CC(=O)Nc1ccc(S(=O)(=O)N(C)Cc2ccccc2)cc1. The average molecular weight is 452 g/mol. The highest BCUT2D eigenvalue weighted by atomic mass is 32.2. The molecule has 0 unspecified atom stereocenters. The summed E-state index contributed by atoms with van der Waals surface area (Å²) in [7, 11) is -0.177. The fraction of sp³-hybridized carbons (Fsp3) is 0.240. The minimum Gasteiger partial charge on any atom is -0.325 e. The second kappa shape index (κ2) is 10.5. The van der Waals surface area contributed by atoms with Gasteiger partial charge in [-0.15, -0.1) is 0 Å². The van der Waals surface area contributed by atoms with E-state index in [2.05, 4.69) is 24.4 Å². The van der Waals surface area contributed by atoms with Gasteiger partial charge in [0.05, 0.1) is 11.4 Å².